The molecule has 5 aromatic carbocycles. The fraction of sp³-hybridized carbons (Fsp3) is 0.500. The lowest BCUT2D eigenvalue weighted by molar-refractivity contribution is -0.387. The number of carbonyl (C=O) groups is 1. The smallest absolute Gasteiger partial charge is 0.332 e. The van der Waals surface area contributed by atoms with Crippen molar-refractivity contribution in [2.75, 3.05) is 19.8 Å². The number of rotatable bonds is 23. The minimum atomic E-state index is -1.50. The number of aliphatic hydroxyl groups is 1. The molecule has 77 heavy (non-hydrogen) atoms. The molecule has 5 aliphatic rings. The Bertz CT molecular complexity index is 2490. The third kappa shape index (κ3) is 14.8. The second-order valence-corrected chi connectivity index (χ2v) is 20.8. The second-order valence-electron chi connectivity index (χ2n) is 20.8. The van der Waals surface area contributed by atoms with Crippen LogP contribution in [0.5, 0.6) is 0 Å². The van der Waals surface area contributed by atoms with Gasteiger partial charge in [0.15, 0.2) is 25.0 Å². The van der Waals surface area contributed by atoms with E-state index in [2.05, 4.69) is 0 Å². The summed E-state index contributed by atoms with van der Waals surface area (Å²) in [7, 11) is 0. The number of fused-ring (bicyclic) bond motifs is 1. The van der Waals surface area contributed by atoms with Crippen molar-refractivity contribution in [1.82, 2.24) is 0 Å². The SMILES string of the molecule is C[C@@H]1O[C@@H](O[C@@H]2[C@@H](COCc3ccccc3)OCC[C@H]2O[C@@H]2O[C@@H]3COC(c4ccccc4)O[C@@H]3[C@H](O[C@@H](CC3CCCCC3)C(=O)O)[C@H]2O)[C@@H](OCc2ccccc2)[C@H](OCc2ccccc2)[C@@H]1OCc1ccccc1. The van der Waals surface area contributed by atoms with Gasteiger partial charge >= 0.3 is 5.97 Å². The summed E-state index contributed by atoms with van der Waals surface area (Å²) < 4.78 is 80.8. The first-order valence-corrected chi connectivity index (χ1v) is 27.5. The lowest BCUT2D eigenvalue weighted by Gasteiger charge is -2.50. The standard InChI is InChI=1S/C62H74O15/c1-41-53(68-36-44-24-12-4-13-25-44)57(69-37-45-26-14-5-15-27-45)58(70-38-46-28-16-6-17-29-46)62(72-41)76-54-48(32-33-67-50(54)39-66-35-43-22-10-3-11-23-43)74-61-52(63)56(73-49(59(64)65)34-42-20-8-2-9-21-42)55-51(75-61)40-71-60(77-55)47-30-18-7-19-31-47/h3-7,10-19,22-31,41-42,48-58,60-63H,2,8-9,20-21,32-40H2,1H3,(H,64,65)/t41-,48+,49-,50+,51+,52+,53+,54-,55-,56+,57+,58-,60?,61+,62-/m0/s1. The Kier molecular flexibility index (Phi) is 20.0. The van der Waals surface area contributed by atoms with Crippen LogP contribution in [0.1, 0.15) is 86.0 Å². The van der Waals surface area contributed by atoms with Gasteiger partial charge in [0.05, 0.1) is 51.8 Å². The van der Waals surface area contributed by atoms with Crippen molar-refractivity contribution >= 4 is 5.97 Å². The van der Waals surface area contributed by atoms with E-state index < -0.39 is 98.1 Å². The number of hydrogen-bond acceptors (Lipinski definition) is 14. The highest BCUT2D eigenvalue weighted by molar-refractivity contribution is 5.72. The Balaban J connectivity index is 0.952. The molecule has 15 atom stereocenters. The van der Waals surface area contributed by atoms with Gasteiger partial charge in [-0.05, 0) is 47.9 Å². The van der Waals surface area contributed by atoms with Crippen LogP contribution in [0.15, 0.2) is 152 Å². The highest BCUT2D eigenvalue weighted by Gasteiger charge is 2.55. The Morgan fingerprint density at radius 3 is 1.74 bits per heavy atom. The van der Waals surface area contributed by atoms with Crippen LogP contribution < -0.4 is 0 Å². The highest BCUT2D eigenvalue weighted by Crippen LogP contribution is 2.40. The largest absolute Gasteiger partial charge is 0.479 e. The van der Waals surface area contributed by atoms with Crippen LogP contribution in [-0.2, 0) is 88.1 Å². The van der Waals surface area contributed by atoms with Crippen molar-refractivity contribution in [3.63, 3.8) is 0 Å². The summed E-state index contributed by atoms with van der Waals surface area (Å²) in [5.41, 5.74) is 4.66. The van der Waals surface area contributed by atoms with Crippen LogP contribution in [0.3, 0.4) is 0 Å². The van der Waals surface area contributed by atoms with Gasteiger partial charge in [0, 0.05) is 12.2 Å². The first-order valence-electron chi connectivity index (χ1n) is 27.5. The molecule has 5 fully saturated rings. The maximum atomic E-state index is 13.1. The molecule has 1 aliphatic carbocycles. The average Bonchev–Trinajstić information content (AvgIpc) is 3.50. The monoisotopic (exact) mass is 1060 g/mol. The molecule has 1 saturated carbocycles. The number of hydrogen-bond donors (Lipinski definition) is 2. The maximum absolute atomic E-state index is 13.1. The van der Waals surface area contributed by atoms with E-state index >= 15 is 0 Å². The number of benzene rings is 5. The van der Waals surface area contributed by atoms with Crippen LogP contribution in [0, 0.1) is 5.92 Å². The molecule has 0 aromatic heterocycles. The molecule has 15 nitrogen and oxygen atoms in total. The number of ether oxygens (including phenoxy) is 12. The van der Waals surface area contributed by atoms with Gasteiger partial charge in [0.2, 0.25) is 0 Å². The predicted molar refractivity (Wildman–Crippen MR) is 282 cm³/mol. The van der Waals surface area contributed by atoms with Crippen LogP contribution in [0.4, 0.5) is 0 Å². The number of carboxylic acid groups (broad SMARTS) is 1. The van der Waals surface area contributed by atoms with Crippen molar-refractivity contribution in [2.45, 2.75) is 170 Å². The molecule has 4 aliphatic heterocycles. The van der Waals surface area contributed by atoms with E-state index in [9.17, 15) is 15.0 Å². The quantitative estimate of drug-likeness (QED) is 0.0635. The van der Waals surface area contributed by atoms with Crippen LogP contribution in [0.25, 0.3) is 0 Å². The fourth-order valence-corrected chi connectivity index (χ4v) is 11.2. The Labute approximate surface area is 451 Å². The van der Waals surface area contributed by atoms with Crippen molar-refractivity contribution in [3.8, 4) is 0 Å². The minimum absolute atomic E-state index is 0.0623. The second kappa shape index (κ2) is 27.8. The van der Waals surface area contributed by atoms with E-state index in [1.807, 2.05) is 159 Å². The van der Waals surface area contributed by atoms with Gasteiger partial charge in [-0.3, -0.25) is 0 Å². The van der Waals surface area contributed by atoms with Gasteiger partial charge in [-0.15, -0.1) is 0 Å². The summed E-state index contributed by atoms with van der Waals surface area (Å²) in [6, 6.07) is 49.2. The molecule has 15 heteroatoms. The van der Waals surface area contributed by atoms with Gasteiger partial charge in [-0.2, -0.15) is 0 Å². The first kappa shape index (κ1) is 55.4. The Morgan fingerprint density at radius 1 is 0.584 bits per heavy atom. The van der Waals surface area contributed by atoms with Gasteiger partial charge in [-0.1, -0.05) is 184 Å². The van der Waals surface area contributed by atoms with Gasteiger partial charge < -0.3 is 67.1 Å². The minimum Gasteiger partial charge on any atom is -0.479 e. The summed E-state index contributed by atoms with van der Waals surface area (Å²) in [4.78, 5) is 13.1. The molecule has 0 radical (unpaired) electrons. The number of aliphatic hydroxyl groups excluding tert-OH is 1. The molecule has 0 amide bonds. The number of aliphatic carboxylic acids is 1. The molecule has 10 rings (SSSR count). The zero-order chi connectivity index (χ0) is 52.8. The third-order valence-corrected chi connectivity index (χ3v) is 15.3. The third-order valence-electron chi connectivity index (χ3n) is 15.3. The number of carboxylic acids is 1. The fourth-order valence-electron chi connectivity index (χ4n) is 11.2. The first-order chi connectivity index (χ1) is 37.8. The predicted octanol–water partition coefficient (Wildman–Crippen LogP) is 9.27. The normalized spacial score (nSPS) is 31.2. The van der Waals surface area contributed by atoms with E-state index in [1.54, 1.807) is 0 Å². The van der Waals surface area contributed by atoms with E-state index in [0.29, 0.717) is 26.1 Å². The lowest BCUT2D eigenvalue weighted by atomic mass is 9.85. The van der Waals surface area contributed by atoms with Crippen LogP contribution in [-0.4, -0.2) is 122 Å². The molecule has 4 saturated heterocycles. The molecule has 4 heterocycles. The van der Waals surface area contributed by atoms with Crippen molar-refractivity contribution in [3.05, 3.63) is 179 Å². The van der Waals surface area contributed by atoms with E-state index in [0.717, 1.165) is 59.9 Å². The summed E-state index contributed by atoms with van der Waals surface area (Å²) in [6.07, 6.45) is -8.20. The maximum Gasteiger partial charge on any atom is 0.332 e. The molecule has 5 aromatic rings. The summed E-state index contributed by atoms with van der Waals surface area (Å²) in [6.45, 7) is 3.49. The summed E-state index contributed by atoms with van der Waals surface area (Å²) in [5.74, 6) is -0.923. The zero-order valence-corrected chi connectivity index (χ0v) is 43.8. The topological polar surface area (TPSA) is 168 Å². The van der Waals surface area contributed by atoms with Gasteiger partial charge in [0.25, 0.3) is 0 Å². The van der Waals surface area contributed by atoms with E-state index in [1.165, 1.54) is 0 Å². The summed E-state index contributed by atoms with van der Waals surface area (Å²) in [5, 5.41) is 23.2. The Morgan fingerprint density at radius 2 is 1.14 bits per heavy atom. The van der Waals surface area contributed by atoms with Gasteiger partial charge in [0.1, 0.15) is 54.9 Å². The van der Waals surface area contributed by atoms with Crippen molar-refractivity contribution in [2.24, 2.45) is 5.92 Å². The summed E-state index contributed by atoms with van der Waals surface area (Å²) >= 11 is 0. The molecule has 0 bridgehead atoms. The van der Waals surface area contributed by atoms with Crippen LogP contribution in [0.2, 0.25) is 0 Å². The molecular weight excluding hydrogens is 985 g/mol. The lowest BCUT2D eigenvalue weighted by Crippen LogP contribution is -2.65. The van der Waals surface area contributed by atoms with Crippen LogP contribution >= 0.6 is 0 Å². The highest BCUT2D eigenvalue weighted by atomic mass is 16.8. The molecule has 0 spiro atoms. The molecular formula is C62H74O15. The van der Waals surface area contributed by atoms with Gasteiger partial charge in [-0.25, -0.2) is 4.79 Å². The average molecular weight is 1060 g/mol. The molecule has 412 valence electrons. The zero-order valence-electron chi connectivity index (χ0n) is 43.8. The van der Waals surface area contributed by atoms with E-state index in [4.69, 9.17) is 56.8 Å². The Hall–Kier alpha value is -4.95. The molecule has 1 unspecified atom stereocenters. The molecule has 2 N–H and O–H groups in total. The van der Waals surface area contributed by atoms with Crippen molar-refractivity contribution < 1.29 is 71.8 Å². The van der Waals surface area contributed by atoms with E-state index in [-0.39, 0.29) is 39.0 Å². The van der Waals surface area contributed by atoms with Crippen molar-refractivity contribution in [1.29, 1.82) is 0 Å².